The van der Waals surface area contributed by atoms with E-state index < -0.39 is 6.10 Å². The number of methoxy groups -OCH3 is 1. The molecular weight excluding hydrogens is 238 g/mol. The first-order valence-corrected chi connectivity index (χ1v) is 6.34. The third-order valence-corrected chi connectivity index (χ3v) is 3.09. The van der Waals surface area contributed by atoms with Gasteiger partial charge in [0, 0.05) is 37.6 Å². The SMILES string of the molecule is COCC(O)CN(C)c1nc(C(C)(C)C)ns1. The maximum absolute atomic E-state index is 9.64. The zero-order chi connectivity index (χ0) is 13.1. The Labute approximate surface area is 107 Å². The number of aliphatic hydroxyl groups excluding tert-OH is 1. The second kappa shape index (κ2) is 5.75. The van der Waals surface area contributed by atoms with Crippen LogP contribution in [0.3, 0.4) is 0 Å². The van der Waals surface area contributed by atoms with E-state index >= 15 is 0 Å². The lowest BCUT2D eigenvalue weighted by Gasteiger charge is -2.19. The van der Waals surface area contributed by atoms with Crippen LogP contribution in [0.2, 0.25) is 0 Å². The first-order chi connectivity index (χ1) is 7.84. The lowest BCUT2D eigenvalue weighted by atomic mass is 9.96. The van der Waals surface area contributed by atoms with E-state index in [1.807, 2.05) is 11.9 Å². The van der Waals surface area contributed by atoms with E-state index in [0.717, 1.165) is 11.0 Å². The first-order valence-electron chi connectivity index (χ1n) is 5.57. The number of hydrogen-bond acceptors (Lipinski definition) is 6. The van der Waals surface area contributed by atoms with Crippen molar-refractivity contribution >= 4 is 16.7 Å². The fraction of sp³-hybridized carbons (Fsp3) is 0.818. The van der Waals surface area contributed by atoms with Crippen LogP contribution in [0.4, 0.5) is 5.13 Å². The third-order valence-electron chi connectivity index (χ3n) is 2.26. The van der Waals surface area contributed by atoms with Gasteiger partial charge in [0.2, 0.25) is 5.13 Å². The second-order valence-electron chi connectivity index (χ2n) is 5.14. The summed E-state index contributed by atoms with van der Waals surface area (Å²) in [6, 6.07) is 0. The summed E-state index contributed by atoms with van der Waals surface area (Å²) in [5.74, 6) is 0.839. The van der Waals surface area contributed by atoms with E-state index in [-0.39, 0.29) is 5.41 Å². The van der Waals surface area contributed by atoms with Crippen LogP contribution >= 0.6 is 11.5 Å². The quantitative estimate of drug-likeness (QED) is 0.863. The molecule has 6 heteroatoms. The van der Waals surface area contributed by atoms with Gasteiger partial charge in [-0.3, -0.25) is 0 Å². The average Bonchev–Trinajstić information content (AvgIpc) is 2.65. The van der Waals surface area contributed by atoms with Gasteiger partial charge in [-0.2, -0.15) is 4.37 Å². The van der Waals surface area contributed by atoms with Gasteiger partial charge in [-0.25, -0.2) is 4.98 Å². The van der Waals surface area contributed by atoms with Gasteiger partial charge in [0.25, 0.3) is 0 Å². The lowest BCUT2D eigenvalue weighted by Crippen LogP contribution is -2.31. The van der Waals surface area contributed by atoms with E-state index in [1.165, 1.54) is 11.5 Å². The Hall–Kier alpha value is -0.720. The summed E-state index contributed by atoms with van der Waals surface area (Å²) in [4.78, 5) is 6.38. The maximum atomic E-state index is 9.64. The summed E-state index contributed by atoms with van der Waals surface area (Å²) in [7, 11) is 3.47. The van der Waals surface area contributed by atoms with Gasteiger partial charge in [0.1, 0.15) is 5.82 Å². The van der Waals surface area contributed by atoms with Crippen molar-refractivity contribution in [3.8, 4) is 0 Å². The minimum Gasteiger partial charge on any atom is -0.389 e. The minimum absolute atomic E-state index is 0.0409. The highest BCUT2D eigenvalue weighted by Gasteiger charge is 2.21. The highest BCUT2D eigenvalue weighted by atomic mass is 32.1. The Morgan fingerprint density at radius 2 is 2.12 bits per heavy atom. The predicted molar refractivity (Wildman–Crippen MR) is 69.8 cm³/mol. The molecule has 0 aliphatic carbocycles. The minimum atomic E-state index is -0.507. The van der Waals surface area contributed by atoms with E-state index in [1.54, 1.807) is 7.11 Å². The number of rotatable bonds is 5. The first kappa shape index (κ1) is 14.3. The molecule has 1 aromatic heterocycles. The normalized spacial score (nSPS) is 13.8. The standard InChI is InChI=1S/C11H21N3O2S/c1-11(2,3)9-12-10(17-13-9)14(4)6-8(15)7-16-5/h8,15H,6-7H2,1-5H3. The van der Waals surface area contributed by atoms with Crippen LogP contribution in [-0.4, -0.2) is 47.9 Å². The van der Waals surface area contributed by atoms with Crippen molar-refractivity contribution in [1.82, 2.24) is 9.36 Å². The Kier molecular flexibility index (Phi) is 4.85. The van der Waals surface area contributed by atoms with E-state index in [2.05, 4.69) is 30.1 Å². The molecule has 0 bridgehead atoms. The Bertz CT molecular complexity index is 349. The van der Waals surface area contributed by atoms with Crippen LogP contribution in [-0.2, 0) is 10.2 Å². The zero-order valence-corrected chi connectivity index (χ0v) is 11.9. The van der Waals surface area contributed by atoms with Gasteiger partial charge in [-0.05, 0) is 0 Å². The molecule has 0 amide bonds. The number of nitrogens with zero attached hydrogens (tertiary/aromatic N) is 3. The third kappa shape index (κ3) is 4.22. The highest BCUT2D eigenvalue weighted by molar-refractivity contribution is 7.09. The summed E-state index contributed by atoms with van der Waals surface area (Å²) < 4.78 is 9.23. The second-order valence-corrected chi connectivity index (χ2v) is 5.87. The Morgan fingerprint density at radius 3 is 2.59 bits per heavy atom. The van der Waals surface area contributed by atoms with E-state index in [9.17, 15) is 5.11 Å². The molecule has 5 nitrogen and oxygen atoms in total. The van der Waals surface area contributed by atoms with Crippen molar-refractivity contribution in [3.63, 3.8) is 0 Å². The Morgan fingerprint density at radius 1 is 1.47 bits per heavy atom. The fourth-order valence-corrected chi connectivity index (χ4v) is 2.14. The smallest absolute Gasteiger partial charge is 0.205 e. The molecular formula is C11H21N3O2S. The molecule has 0 radical (unpaired) electrons. The zero-order valence-electron chi connectivity index (χ0n) is 11.1. The molecule has 1 atom stereocenters. The van der Waals surface area contributed by atoms with Crippen molar-refractivity contribution in [2.75, 3.05) is 32.2 Å². The van der Waals surface area contributed by atoms with Crippen molar-refractivity contribution in [1.29, 1.82) is 0 Å². The molecule has 0 aromatic carbocycles. The van der Waals surface area contributed by atoms with Crippen molar-refractivity contribution in [3.05, 3.63) is 5.82 Å². The van der Waals surface area contributed by atoms with Gasteiger partial charge in [0.15, 0.2) is 0 Å². The largest absolute Gasteiger partial charge is 0.389 e. The molecule has 1 unspecified atom stereocenters. The summed E-state index contributed by atoms with van der Waals surface area (Å²) in [5.41, 5.74) is -0.0409. The molecule has 0 aliphatic heterocycles. The number of hydrogen-bond donors (Lipinski definition) is 1. The summed E-state index contributed by atoms with van der Waals surface area (Å²) >= 11 is 1.36. The number of likely N-dealkylation sites (N-methyl/N-ethyl adjacent to an activating group) is 1. The monoisotopic (exact) mass is 259 g/mol. The van der Waals surface area contributed by atoms with Crippen molar-refractivity contribution in [2.24, 2.45) is 0 Å². The van der Waals surface area contributed by atoms with Gasteiger partial charge < -0.3 is 14.7 Å². The molecule has 0 fully saturated rings. The number of aliphatic hydroxyl groups is 1. The summed E-state index contributed by atoms with van der Waals surface area (Å²) in [5, 5.41) is 10.5. The average molecular weight is 259 g/mol. The van der Waals surface area contributed by atoms with Crippen LogP contribution in [0.1, 0.15) is 26.6 Å². The van der Waals surface area contributed by atoms with Gasteiger partial charge in [-0.15, -0.1) is 0 Å². The van der Waals surface area contributed by atoms with Gasteiger partial charge in [0.05, 0.1) is 12.7 Å². The van der Waals surface area contributed by atoms with E-state index in [4.69, 9.17) is 4.74 Å². The molecule has 0 saturated carbocycles. The molecule has 98 valence electrons. The number of aromatic nitrogens is 2. The molecule has 0 saturated heterocycles. The number of ether oxygens (including phenoxy) is 1. The summed E-state index contributed by atoms with van der Waals surface area (Å²) in [6.07, 6.45) is -0.507. The predicted octanol–water partition coefficient (Wildman–Crippen LogP) is 1.28. The molecule has 0 spiro atoms. The van der Waals surface area contributed by atoms with Gasteiger partial charge in [-0.1, -0.05) is 20.8 Å². The molecule has 1 rings (SSSR count). The van der Waals surface area contributed by atoms with Crippen LogP contribution < -0.4 is 4.90 Å². The molecule has 1 aromatic rings. The fourth-order valence-electron chi connectivity index (χ4n) is 1.31. The number of anilines is 1. The van der Waals surface area contributed by atoms with Crippen LogP contribution in [0.5, 0.6) is 0 Å². The Balaban J connectivity index is 2.64. The van der Waals surface area contributed by atoms with Crippen molar-refractivity contribution in [2.45, 2.75) is 32.3 Å². The van der Waals surface area contributed by atoms with Crippen LogP contribution in [0, 0.1) is 0 Å². The molecule has 1 N–H and O–H groups in total. The maximum Gasteiger partial charge on any atom is 0.205 e. The van der Waals surface area contributed by atoms with Crippen LogP contribution in [0.25, 0.3) is 0 Å². The molecule has 1 heterocycles. The highest BCUT2D eigenvalue weighted by Crippen LogP contribution is 2.24. The van der Waals surface area contributed by atoms with Crippen LogP contribution in [0.15, 0.2) is 0 Å². The molecule has 0 aliphatic rings. The summed E-state index contributed by atoms with van der Waals surface area (Å²) in [6.45, 7) is 7.07. The topological polar surface area (TPSA) is 58.5 Å². The lowest BCUT2D eigenvalue weighted by molar-refractivity contribution is 0.0695. The van der Waals surface area contributed by atoms with Gasteiger partial charge >= 0.3 is 0 Å². The van der Waals surface area contributed by atoms with E-state index in [0.29, 0.717) is 13.2 Å². The molecule has 17 heavy (non-hydrogen) atoms. The van der Waals surface area contributed by atoms with Crippen molar-refractivity contribution < 1.29 is 9.84 Å².